The van der Waals surface area contributed by atoms with Gasteiger partial charge in [-0.3, -0.25) is 0 Å². The fourth-order valence-corrected chi connectivity index (χ4v) is 7.07. The average molecular weight is 612 g/mol. The molecule has 0 aliphatic heterocycles. The van der Waals surface area contributed by atoms with E-state index in [9.17, 15) is 5.26 Å². The van der Waals surface area contributed by atoms with E-state index in [1.807, 2.05) is 18.2 Å². The van der Waals surface area contributed by atoms with E-state index in [1.54, 1.807) is 0 Å². The van der Waals surface area contributed by atoms with Crippen molar-refractivity contribution in [2.45, 2.75) is 12.3 Å². The van der Waals surface area contributed by atoms with E-state index in [1.165, 1.54) is 60.9 Å². The van der Waals surface area contributed by atoms with Gasteiger partial charge in [-0.2, -0.15) is 5.26 Å². The maximum absolute atomic E-state index is 9.32. The SMILES string of the molecule is N#Cc1cccc(-c2ccc(-c3ccc(-c4ccc(C(C5=CC=CC5)c5ccc(-c6ccccc6)cc5)cc4)c4ccccc34)cc2)c1. The second-order valence-corrected chi connectivity index (χ2v) is 12.4. The Balaban J connectivity index is 1.11. The molecule has 8 rings (SSSR count). The van der Waals surface area contributed by atoms with Gasteiger partial charge < -0.3 is 0 Å². The molecule has 1 unspecified atom stereocenters. The third-order valence-electron chi connectivity index (χ3n) is 9.52. The molecule has 0 fully saturated rings. The van der Waals surface area contributed by atoms with Crippen LogP contribution in [0.2, 0.25) is 0 Å². The van der Waals surface area contributed by atoms with Gasteiger partial charge in [0.1, 0.15) is 0 Å². The number of fused-ring (bicyclic) bond motifs is 1. The summed E-state index contributed by atoms with van der Waals surface area (Å²) in [5.41, 5.74) is 14.2. The summed E-state index contributed by atoms with van der Waals surface area (Å²) in [4.78, 5) is 0. The van der Waals surface area contributed by atoms with E-state index in [2.05, 4.69) is 170 Å². The summed E-state index contributed by atoms with van der Waals surface area (Å²) < 4.78 is 0. The van der Waals surface area contributed by atoms with Gasteiger partial charge in [0.15, 0.2) is 0 Å². The molecule has 0 saturated carbocycles. The van der Waals surface area contributed by atoms with Crippen molar-refractivity contribution < 1.29 is 0 Å². The Morgan fingerprint density at radius 1 is 0.458 bits per heavy atom. The molecule has 1 aliphatic carbocycles. The minimum Gasteiger partial charge on any atom is -0.192 e. The third kappa shape index (κ3) is 5.66. The topological polar surface area (TPSA) is 23.8 Å². The molecule has 7 aromatic carbocycles. The van der Waals surface area contributed by atoms with Gasteiger partial charge in [0.2, 0.25) is 0 Å². The minimum atomic E-state index is 0.211. The lowest BCUT2D eigenvalue weighted by Crippen LogP contribution is -2.04. The first-order valence-corrected chi connectivity index (χ1v) is 16.5. The van der Waals surface area contributed by atoms with Gasteiger partial charge in [0.25, 0.3) is 0 Å². The van der Waals surface area contributed by atoms with Crippen molar-refractivity contribution in [3.05, 3.63) is 204 Å². The molecule has 1 aliphatic rings. The summed E-state index contributed by atoms with van der Waals surface area (Å²) in [6.45, 7) is 0. The highest BCUT2D eigenvalue weighted by Gasteiger charge is 2.20. The summed E-state index contributed by atoms with van der Waals surface area (Å²) in [6, 6.07) is 60.8. The van der Waals surface area contributed by atoms with Crippen LogP contribution in [0.1, 0.15) is 29.0 Å². The predicted octanol–water partition coefficient (Wildman–Crippen LogP) is 12.4. The number of hydrogen-bond donors (Lipinski definition) is 0. The summed E-state index contributed by atoms with van der Waals surface area (Å²) >= 11 is 0. The Hall–Kier alpha value is -6.23. The summed E-state index contributed by atoms with van der Waals surface area (Å²) in [5, 5.41) is 11.8. The quantitative estimate of drug-likeness (QED) is 0.176. The Bertz CT molecular complexity index is 2330. The number of nitriles is 1. The average Bonchev–Trinajstić information content (AvgIpc) is 3.70. The zero-order valence-corrected chi connectivity index (χ0v) is 26.6. The third-order valence-corrected chi connectivity index (χ3v) is 9.52. The molecule has 0 amide bonds. The number of benzene rings is 7. The number of nitrogens with zero attached hydrogens (tertiary/aromatic N) is 1. The molecule has 0 bridgehead atoms. The van der Waals surface area contributed by atoms with Crippen molar-refractivity contribution in [3.8, 4) is 50.6 Å². The van der Waals surface area contributed by atoms with E-state index >= 15 is 0 Å². The second-order valence-electron chi connectivity index (χ2n) is 12.4. The van der Waals surface area contributed by atoms with Crippen LogP contribution in [-0.2, 0) is 0 Å². The molecule has 0 saturated heterocycles. The van der Waals surface area contributed by atoms with Crippen LogP contribution in [0.25, 0.3) is 55.3 Å². The van der Waals surface area contributed by atoms with Crippen LogP contribution in [0.3, 0.4) is 0 Å². The molecule has 1 atom stereocenters. The van der Waals surface area contributed by atoms with Gasteiger partial charge in [-0.1, -0.05) is 175 Å². The standard InChI is InChI=1S/C47H33N/c48-32-33-9-8-14-42(31-33)36-17-21-37(22-18-36)43-29-30-44(46-16-7-6-15-45(43)46)38-23-27-41(28-24-38)47(39-12-4-5-13-39)40-25-19-35(20-26-40)34-10-2-1-3-11-34/h1-12,14-31,47H,13H2. The van der Waals surface area contributed by atoms with Crippen LogP contribution in [-0.4, -0.2) is 0 Å². The van der Waals surface area contributed by atoms with Crippen molar-refractivity contribution in [2.75, 3.05) is 0 Å². The van der Waals surface area contributed by atoms with E-state index in [4.69, 9.17) is 0 Å². The Morgan fingerprint density at radius 2 is 0.958 bits per heavy atom. The van der Waals surface area contributed by atoms with Crippen LogP contribution >= 0.6 is 0 Å². The van der Waals surface area contributed by atoms with Gasteiger partial charge in [0, 0.05) is 5.92 Å². The summed E-state index contributed by atoms with van der Waals surface area (Å²) in [6.07, 6.45) is 7.70. The van der Waals surface area contributed by atoms with Crippen molar-refractivity contribution in [3.63, 3.8) is 0 Å². The first kappa shape index (κ1) is 29.2. The molecule has 1 nitrogen and oxygen atoms in total. The van der Waals surface area contributed by atoms with Gasteiger partial charge >= 0.3 is 0 Å². The number of rotatable bonds is 7. The molecule has 48 heavy (non-hydrogen) atoms. The summed E-state index contributed by atoms with van der Waals surface area (Å²) in [7, 11) is 0. The minimum absolute atomic E-state index is 0.211. The lowest BCUT2D eigenvalue weighted by Gasteiger charge is -2.21. The molecule has 226 valence electrons. The van der Waals surface area contributed by atoms with Gasteiger partial charge in [-0.15, -0.1) is 0 Å². The predicted molar refractivity (Wildman–Crippen MR) is 201 cm³/mol. The van der Waals surface area contributed by atoms with E-state index in [0.717, 1.165) is 17.5 Å². The maximum atomic E-state index is 9.32. The molecule has 0 N–H and O–H groups in total. The van der Waals surface area contributed by atoms with Gasteiger partial charge in [-0.05, 0) is 85.0 Å². The van der Waals surface area contributed by atoms with Crippen molar-refractivity contribution in [2.24, 2.45) is 0 Å². The van der Waals surface area contributed by atoms with Gasteiger partial charge in [0.05, 0.1) is 11.6 Å². The molecule has 0 aromatic heterocycles. The molecule has 1 heteroatoms. The van der Waals surface area contributed by atoms with Crippen molar-refractivity contribution >= 4 is 10.8 Å². The molecule has 0 radical (unpaired) electrons. The molecular formula is C47H33N. The second kappa shape index (κ2) is 12.9. The number of allylic oxidation sites excluding steroid dienone is 4. The molecular weight excluding hydrogens is 579 g/mol. The fourth-order valence-electron chi connectivity index (χ4n) is 7.07. The van der Waals surface area contributed by atoms with E-state index in [0.29, 0.717) is 5.56 Å². The van der Waals surface area contributed by atoms with E-state index in [-0.39, 0.29) is 5.92 Å². The highest BCUT2D eigenvalue weighted by atomic mass is 14.2. The first-order chi connectivity index (χ1) is 23.7. The highest BCUT2D eigenvalue weighted by molar-refractivity contribution is 6.05. The van der Waals surface area contributed by atoms with Crippen LogP contribution in [0.5, 0.6) is 0 Å². The monoisotopic (exact) mass is 611 g/mol. The van der Waals surface area contributed by atoms with Crippen LogP contribution < -0.4 is 0 Å². The van der Waals surface area contributed by atoms with Crippen molar-refractivity contribution in [1.29, 1.82) is 5.26 Å². The highest BCUT2D eigenvalue weighted by Crippen LogP contribution is 2.40. The Labute approximate surface area is 282 Å². The smallest absolute Gasteiger partial charge is 0.0991 e. The normalized spacial score (nSPS) is 12.9. The molecule has 7 aromatic rings. The van der Waals surface area contributed by atoms with Crippen LogP contribution in [0.15, 0.2) is 188 Å². The van der Waals surface area contributed by atoms with Crippen LogP contribution in [0.4, 0.5) is 0 Å². The molecule has 0 spiro atoms. The lowest BCUT2D eigenvalue weighted by molar-refractivity contribution is 0.920. The first-order valence-electron chi connectivity index (χ1n) is 16.5. The molecule has 0 heterocycles. The zero-order chi connectivity index (χ0) is 32.3. The Kier molecular flexibility index (Phi) is 7.83. The number of hydrogen-bond acceptors (Lipinski definition) is 1. The van der Waals surface area contributed by atoms with Crippen molar-refractivity contribution in [1.82, 2.24) is 0 Å². The largest absolute Gasteiger partial charge is 0.192 e. The van der Waals surface area contributed by atoms with E-state index < -0.39 is 0 Å². The summed E-state index contributed by atoms with van der Waals surface area (Å²) in [5.74, 6) is 0.211. The Morgan fingerprint density at radius 3 is 1.54 bits per heavy atom. The maximum Gasteiger partial charge on any atom is 0.0991 e. The zero-order valence-electron chi connectivity index (χ0n) is 26.6. The van der Waals surface area contributed by atoms with Crippen LogP contribution in [0, 0.1) is 11.3 Å². The van der Waals surface area contributed by atoms with Gasteiger partial charge in [-0.25, -0.2) is 0 Å². The fraction of sp³-hybridized carbons (Fsp3) is 0.0426. The lowest BCUT2D eigenvalue weighted by atomic mass is 9.83.